The Balaban J connectivity index is 1.76. The Hall–Kier alpha value is -0.860. The molecular formula is C21H34O2. The minimum Gasteiger partial charge on any atom is -0.348 e. The van der Waals surface area contributed by atoms with Crippen molar-refractivity contribution in [2.24, 2.45) is 0 Å². The summed E-state index contributed by atoms with van der Waals surface area (Å²) in [6.45, 7) is 5.32. The van der Waals surface area contributed by atoms with Crippen molar-refractivity contribution in [1.82, 2.24) is 0 Å². The summed E-state index contributed by atoms with van der Waals surface area (Å²) in [6, 6.07) is 8.82. The summed E-state index contributed by atoms with van der Waals surface area (Å²) in [6.07, 6.45) is 12.8. The molecular weight excluding hydrogens is 284 g/mol. The molecule has 0 N–H and O–H groups in total. The SMILES string of the molecule is CCCCCCCC1CCOC(c2ccc(CCCC)cc2)O1. The Kier molecular flexibility index (Phi) is 8.70. The summed E-state index contributed by atoms with van der Waals surface area (Å²) in [4.78, 5) is 0. The van der Waals surface area contributed by atoms with Gasteiger partial charge in [0.1, 0.15) is 0 Å². The van der Waals surface area contributed by atoms with Crippen molar-refractivity contribution in [2.45, 2.75) is 90.4 Å². The minimum absolute atomic E-state index is 0.162. The fourth-order valence-corrected chi connectivity index (χ4v) is 3.17. The number of ether oxygens (including phenoxy) is 2. The molecule has 1 fully saturated rings. The monoisotopic (exact) mass is 318 g/mol. The highest BCUT2D eigenvalue weighted by Crippen LogP contribution is 2.29. The van der Waals surface area contributed by atoms with Crippen LogP contribution >= 0.6 is 0 Å². The zero-order valence-corrected chi connectivity index (χ0v) is 15.1. The number of benzene rings is 1. The van der Waals surface area contributed by atoms with Crippen molar-refractivity contribution in [3.05, 3.63) is 35.4 Å². The third kappa shape index (κ3) is 6.64. The highest BCUT2D eigenvalue weighted by atomic mass is 16.7. The van der Waals surface area contributed by atoms with Crippen molar-refractivity contribution in [3.63, 3.8) is 0 Å². The fourth-order valence-electron chi connectivity index (χ4n) is 3.17. The molecule has 1 saturated heterocycles. The van der Waals surface area contributed by atoms with Crippen LogP contribution in [0, 0.1) is 0 Å². The molecule has 1 heterocycles. The summed E-state index contributed by atoms with van der Waals surface area (Å²) in [5, 5.41) is 0. The average molecular weight is 319 g/mol. The van der Waals surface area contributed by atoms with Crippen LogP contribution in [-0.4, -0.2) is 12.7 Å². The zero-order chi connectivity index (χ0) is 16.3. The van der Waals surface area contributed by atoms with E-state index in [1.54, 1.807) is 0 Å². The quantitative estimate of drug-likeness (QED) is 0.479. The number of aryl methyl sites for hydroxylation is 1. The van der Waals surface area contributed by atoms with Gasteiger partial charge in [-0.15, -0.1) is 0 Å². The van der Waals surface area contributed by atoms with Gasteiger partial charge in [-0.25, -0.2) is 0 Å². The highest BCUT2D eigenvalue weighted by Gasteiger charge is 2.23. The first-order valence-electron chi connectivity index (χ1n) is 9.69. The Morgan fingerprint density at radius 1 is 0.913 bits per heavy atom. The third-order valence-electron chi connectivity index (χ3n) is 4.73. The Morgan fingerprint density at radius 3 is 2.39 bits per heavy atom. The van der Waals surface area contributed by atoms with E-state index in [-0.39, 0.29) is 6.29 Å². The predicted molar refractivity (Wildman–Crippen MR) is 96.6 cm³/mol. The average Bonchev–Trinajstić information content (AvgIpc) is 2.60. The van der Waals surface area contributed by atoms with Crippen LogP contribution in [0.5, 0.6) is 0 Å². The van der Waals surface area contributed by atoms with E-state index in [9.17, 15) is 0 Å². The van der Waals surface area contributed by atoms with E-state index < -0.39 is 0 Å². The van der Waals surface area contributed by atoms with E-state index in [4.69, 9.17) is 9.47 Å². The molecule has 0 bridgehead atoms. The van der Waals surface area contributed by atoms with Crippen molar-refractivity contribution in [1.29, 1.82) is 0 Å². The number of hydrogen-bond donors (Lipinski definition) is 0. The van der Waals surface area contributed by atoms with E-state index in [0.717, 1.165) is 13.0 Å². The molecule has 0 radical (unpaired) electrons. The number of hydrogen-bond acceptors (Lipinski definition) is 2. The van der Waals surface area contributed by atoms with Gasteiger partial charge in [-0.05, 0) is 31.2 Å². The molecule has 0 spiro atoms. The molecule has 1 aromatic carbocycles. The molecule has 0 amide bonds. The summed E-state index contributed by atoms with van der Waals surface area (Å²) < 4.78 is 12.0. The van der Waals surface area contributed by atoms with Crippen LogP contribution in [0.25, 0.3) is 0 Å². The molecule has 2 rings (SSSR count). The lowest BCUT2D eigenvalue weighted by Gasteiger charge is -2.30. The lowest BCUT2D eigenvalue weighted by Crippen LogP contribution is -2.27. The third-order valence-corrected chi connectivity index (χ3v) is 4.73. The second kappa shape index (κ2) is 10.8. The topological polar surface area (TPSA) is 18.5 Å². The molecule has 0 aliphatic carbocycles. The van der Waals surface area contributed by atoms with Crippen LogP contribution in [0.3, 0.4) is 0 Å². The Morgan fingerprint density at radius 2 is 1.65 bits per heavy atom. The molecule has 1 aliphatic heterocycles. The lowest BCUT2D eigenvalue weighted by atomic mass is 10.0. The fraction of sp³-hybridized carbons (Fsp3) is 0.714. The van der Waals surface area contributed by atoms with Gasteiger partial charge in [-0.3, -0.25) is 0 Å². The van der Waals surface area contributed by atoms with Crippen molar-refractivity contribution >= 4 is 0 Å². The van der Waals surface area contributed by atoms with Crippen LogP contribution in [0.1, 0.15) is 89.1 Å². The van der Waals surface area contributed by atoms with Crippen LogP contribution in [-0.2, 0) is 15.9 Å². The van der Waals surface area contributed by atoms with Gasteiger partial charge in [0.2, 0.25) is 0 Å². The van der Waals surface area contributed by atoms with Gasteiger partial charge < -0.3 is 9.47 Å². The number of rotatable bonds is 10. The van der Waals surface area contributed by atoms with Crippen molar-refractivity contribution in [2.75, 3.05) is 6.61 Å². The van der Waals surface area contributed by atoms with E-state index >= 15 is 0 Å². The highest BCUT2D eigenvalue weighted by molar-refractivity contribution is 5.23. The maximum absolute atomic E-state index is 6.18. The summed E-state index contributed by atoms with van der Waals surface area (Å²) in [5.41, 5.74) is 2.58. The molecule has 2 nitrogen and oxygen atoms in total. The predicted octanol–water partition coefficient (Wildman–Crippen LogP) is 6.19. The van der Waals surface area contributed by atoms with Crippen molar-refractivity contribution < 1.29 is 9.47 Å². The van der Waals surface area contributed by atoms with Gasteiger partial charge in [-0.1, -0.05) is 76.6 Å². The van der Waals surface area contributed by atoms with Gasteiger partial charge in [0, 0.05) is 5.56 Å². The number of unbranched alkanes of at least 4 members (excludes halogenated alkanes) is 5. The molecule has 2 unspecified atom stereocenters. The first-order valence-corrected chi connectivity index (χ1v) is 9.69. The molecule has 0 saturated carbocycles. The summed E-state index contributed by atoms with van der Waals surface area (Å²) in [7, 11) is 0. The maximum atomic E-state index is 6.18. The Labute approximate surface area is 142 Å². The van der Waals surface area contributed by atoms with Crippen LogP contribution in [0.4, 0.5) is 0 Å². The molecule has 2 heteroatoms. The van der Waals surface area contributed by atoms with Gasteiger partial charge >= 0.3 is 0 Å². The zero-order valence-electron chi connectivity index (χ0n) is 15.1. The van der Waals surface area contributed by atoms with Crippen LogP contribution < -0.4 is 0 Å². The smallest absolute Gasteiger partial charge is 0.184 e. The molecule has 1 aliphatic rings. The normalized spacial score (nSPS) is 21.5. The first-order chi connectivity index (χ1) is 11.3. The second-order valence-electron chi connectivity index (χ2n) is 6.80. The van der Waals surface area contributed by atoms with Crippen LogP contribution in [0.15, 0.2) is 24.3 Å². The summed E-state index contributed by atoms with van der Waals surface area (Å²) in [5.74, 6) is 0. The molecule has 0 aromatic heterocycles. The Bertz CT molecular complexity index is 412. The largest absolute Gasteiger partial charge is 0.348 e. The van der Waals surface area contributed by atoms with E-state index in [0.29, 0.717) is 6.10 Å². The van der Waals surface area contributed by atoms with Crippen LogP contribution in [0.2, 0.25) is 0 Å². The van der Waals surface area contributed by atoms with E-state index in [1.165, 1.54) is 68.9 Å². The van der Waals surface area contributed by atoms with E-state index in [2.05, 4.69) is 38.1 Å². The molecule has 1 aromatic rings. The molecule has 23 heavy (non-hydrogen) atoms. The van der Waals surface area contributed by atoms with Crippen molar-refractivity contribution in [3.8, 4) is 0 Å². The first kappa shape index (κ1) is 18.5. The van der Waals surface area contributed by atoms with Gasteiger partial charge in [0.05, 0.1) is 12.7 Å². The molecule has 130 valence electrons. The summed E-state index contributed by atoms with van der Waals surface area (Å²) >= 11 is 0. The van der Waals surface area contributed by atoms with Gasteiger partial charge in [0.15, 0.2) is 6.29 Å². The van der Waals surface area contributed by atoms with E-state index in [1.807, 2.05) is 0 Å². The van der Waals surface area contributed by atoms with Gasteiger partial charge in [-0.2, -0.15) is 0 Å². The second-order valence-corrected chi connectivity index (χ2v) is 6.80. The standard InChI is InChI=1S/C21H34O2/c1-3-5-7-8-9-11-20-16-17-22-21(23-20)19-14-12-18(13-15-19)10-6-4-2/h12-15,20-21H,3-11,16-17H2,1-2H3. The molecule has 2 atom stereocenters. The maximum Gasteiger partial charge on any atom is 0.184 e. The lowest BCUT2D eigenvalue weighted by molar-refractivity contribution is -0.218. The van der Waals surface area contributed by atoms with Gasteiger partial charge in [0.25, 0.3) is 0 Å². The minimum atomic E-state index is -0.162.